The molecule has 18 heavy (non-hydrogen) atoms. The van der Waals surface area contributed by atoms with Crippen molar-refractivity contribution in [3.05, 3.63) is 24.3 Å². The largest absolute Gasteiger partial charge is 0.353 e. The van der Waals surface area contributed by atoms with E-state index in [-0.39, 0.29) is 0 Å². The van der Waals surface area contributed by atoms with E-state index in [1.807, 2.05) is 6.07 Å². The van der Waals surface area contributed by atoms with Gasteiger partial charge in [-0.05, 0) is 45.0 Å². The van der Waals surface area contributed by atoms with Crippen molar-refractivity contribution in [1.29, 1.82) is 0 Å². The highest BCUT2D eigenvalue weighted by atomic mass is 15.2. The van der Waals surface area contributed by atoms with Crippen LogP contribution >= 0.6 is 0 Å². The number of hydrogen-bond donors (Lipinski definition) is 2. The number of nitrogens with one attached hydrogen (secondary N) is 2. The van der Waals surface area contributed by atoms with Gasteiger partial charge >= 0.3 is 0 Å². The van der Waals surface area contributed by atoms with Crippen LogP contribution in [-0.4, -0.2) is 28.7 Å². The summed E-state index contributed by atoms with van der Waals surface area (Å²) in [5, 5.41) is 6.99. The Balaban J connectivity index is 1.90. The Labute approximate surface area is 107 Å². The summed E-state index contributed by atoms with van der Waals surface area (Å²) in [7, 11) is 0. The van der Waals surface area contributed by atoms with E-state index < -0.39 is 0 Å². The third-order valence-corrected chi connectivity index (χ3v) is 3.64. The van der Waals surface area contributed by atoms with Crippen LogP contribution < -0.4 is 10.6 Å². The third-order valence-electron chi connectivity index (χ3n) is 3.64. The molecule has 3 rings (SSSR count). The second-order valence-electron chi connectivity index (χ2n) is 4.84. The number of hydrogen-bond acceptors (Lipinski definition) is 3. The second kappa shape index (κ2) is 4.98. The molecule has 1 saturated heterocycles. The molecule has 2 heterocycles. The molecule has 0 atom stereocenters. The fraction of sp³-hybridized carbons (Fsp3) is 0.500. The van der Waals surface area contributed by atoms with E-state index in [4.69, 9.17) is 4.98 Å². The summed E-state index contributed by atoms with van der Waals surface area (Å²) in [6.07, 6.45) is 2.35. The van der Waals surface area contributed by atoms with Gasteiger partial charge in [0.2, 0.25) is 5.95 Å². The van der Waals surface area contributed by atoms with E-state index in [9.17, 15) is 0 Å². The molecule has 0 amide bonds. The lowest BCUT2D eigenvalue weighted by molar-refractivity contribution is 0.475. The van der Waals surface area contributed by atoms with Gasteiger partial charge in [0.1, 0.15) is 0 Å². The first kappa shape index (κ1) is 11.5. The summed E-state index contributed by atoms with van der Waals surface area (Å²) in [5.74, 6) is 1.02. The molecule has 2 N–H and O–H groups in total. The van der Waals surface area contributed by atoms with Gasteiger partial charge in [-0.2, -0.15) is 0 Å². The van der Waals surface area contributed by atoms with E-state index in [0.29, 0.717) is 6.04 Å². The number of rotatable bonds is 3. The maximum Gasteiger partial charge on any atom is 0.204 e. The predicted octanol–water partition coefficient (Wildman–Crippen LogP) is 2.22. The van der Waals surface area contributed by atoms with Crippen molar-refractivity contribution in [2.75, 3.05) is 18.4 Å². The number of nitrogens with zero attached hydrogens (tertiary/aromatic N) is 2. The number of imidazole rings is 1. The van der Waals surface area contributed by atoms with E-state index in [2.05, 4.69) is 40.3 Å². The second-order valence-corrected chi connectivity index (χ2v) is 4.84. The Bertz CT molecular complexity index is 526. The van der Waals surface area contributed by atoms with Gasteiger partial charge in [-0.25, -0.2) is 4.98 Å². The molecule has 0 unspecified atom stereocenters. The van der Waals surface area contributed by atoms with E-state index in [1.54, 1.807) is 0 Å². The zero-order chi connectivity index (χ0) is 12.4. The molecular weight excluding hydrogens is 224 g/mol. The topological polar surface area (TPSA) is 41.9 Å². The number of benzene rings is 1. The van der Waals surface area contributed by atoms with Gasteiger partial charge in [0.25, 0.3) is 0 Å². The van der Waals surface area contributed by atoms with Crippen LogP contribution in [-0.2, 0) is 6.54 Å². The molecule has 1 aromatic carbocycles. The van der Waals surface area contributed by atoms with Gasteiger partial charge in [0.15, 0.2) is 0 Å². The van der Waals surface area contributed by atoms with Gasteiger partial charge in [-0.3, -0.25) is 0 Å². The summed E-state index contributed by atoms with van der Waals surface area (Å²) in [6, 6.07) is 8.89. The molecular formula is C14H20N4. The average molecular weight is 244 g/mol. The van der Waals surface area contributed by atoms with Crippen LogP contribution in [0.1, 0.15) is 19.8 Å². The number of aryl methyl sites for hydroxylation is 1. The molecule has 1 fully saturated rings. The molecule has 0 spiro atoms. The normalized spacial score (nSPS) is 17.2. The highest BCUT2D eigenvalue weighted by Gasteiger charge is 2.16. The monoisotopic (exact) mass is 244 g/mol. The molecule has 96 valence electrons. The maximum atomic E-state index is 4.71. The molecule has 4 heteroatoms. The molecule has 0 aliphatic carbocycles. The molecule has 0 radical (unpaired) electrons. The van der Waals surface area contributed by atoms with Crippen LogP contribution in [0, 0.1) is 0 Å². The molecule has 1 aromatic heterocycles. The summed E-state index contributed by atoms with van der Waals surface area (Å²) >= 11 is 0. The predicted molar refractivity (Wildman–Crippen MR) is 74.9 cm³/mol. The van der Waals surface area contributed by atoms with Gasteiger partial charge in [-0.1, -0.05) is 12.1 Å². The van der Waals surface area contributed by atoms with Crippen molar-refractivity contribution < 1.29 is 0 Å². The lowest BCUT2D eigenvalue weighted by Crippen LogP contribution is -2.36. The van der Waals surface area contributed by atoms with Crippen molar-refractivity contribution in [1.82, 2.24) is 14.9 Å². The lowest BCUT2D eigenvalue weighted by atomic mass is 10.1. The van der Waals surface area contributed by atoms with E-state index >= 15 is 0 Å². The zero-order valence-electron chi connectivity index (χ0n) is 10.8. The van der Waals surface area contributed by atoms with Crippen molar-refractivity contribution in [3.8, 4) is 0 Å². The Morgan fingerprint density at radius 1 is 1.33 bits per heavy atom. The molecule has 4 nitrogen and oxygen atoms in total. The van der Waals surface area contributed by atoms with Gasteiger partial charge in [0.05, 0.1) is 11.0 Å². The van der Waals surface area contributed by atoms with Crippen LogP contribution in [0.15, 0.2) is 24.3 Å². The Kier molecular flexibility index (Phi) is 3.19. The molecule has 2 aromatic rings. The average Bonchev–Trinajstić information content (AvgIpc) is 2.77. The molecule has 0 bridgehead atoms. The van der Waals surface area contributed by atoms with Crippen LogP contribution in [0.25, 0.3) is 11.0 Å². The number of para-hydroxylation sites is 2. The molecule has 0 saturated carbocycles. The van der Waals surface area contributed by atoms with Crippen molar-refractivity contribution in [2.45, 2.75) is 32.4 Å². The summed E-state index contributed by atoms with van der Waals surface area (Å²) < 4.78 is 2.26. The van der Waals surface area contributed by atoms with E-state index in [1.165, 1.54) is 18.4 Å². The molecule has 1 aliphatic rings. The minimum atomic E-state index is 0.549. The standard InChI is InChI=1S/C14H20N4/c1-2-18-13-6-4-3-5-12(13)17-14(18)16-11-7-9-15-10-8-11/h3-6,11,15H,2,7-10H2,1H3,(H,16,17). The fourth-order valence-corrected chi connectivity index (χ4v) is 2.65. The smallest absolute Gasteiger partial charge is 0.204 e. The van der Waals surface area contributed by atoms with Crippen LogP contribution in [0.2, 0.25) is 0 Å². The molecule has 1 aliphatic heterocycles. The number of aromatic nitrogens is 2. The third kappa shape index (κ3) is 2.08. The lowest BCUT2D eigenvalue weighted by Gasteiger charge is -2.24. The van der Waals surface area contributed by atoms with Crippen molar-refractivity contribution >= 4 is 17.0 Å². The first-order valence-electron chi connectivity index (χ1n) is 6.81. The number of anilines is 1. The highest BCUT2D eigenvalue weighted by molar-refractivity contribution is 5.78. The Hall–Kier alpha value is -1.55. The van der Waals surface area contributed by atoms with Crippen LogP contribution in [0.3, 0.4) is 0 Å². The van der Waals surface area contributed by atoms with E-state index in [0.717, 1.165) is 31.1 Å². The van der Waals surface area contributed by atoms with Gasteiger partial charge in [-0.15, -0.1) is 0 Å². The summed E-state index contributed by atoms with van der Waals surface area (Å²) in [5.41, 5.74) is 2.30. The number of piperidine rings is 1. The quantitative estimate of drug-likeness (QED) is 0.870. The minimum Gasteiger partial charge on any atom is -0.353 e. The first-order valence-corrected chi connectivity index (χ1v) is 6.81. The van der Waals surface area contributed by atoms with Crippen LogP contribution in [0.5, 0.6) is 0 Å². The fourth-order valence-electron chi connectivity index (χ4n) is 2.65. The maximum absolute atomic E-state index is 4.71. The Morgan fingerprint density at radius 2 is 2.11 bits per heavy atom. The van der Waals surface area contributed by atoms with Crippen molar-refractivity contribution in [2.24, 2.45) is 0 Å². The Morgan fingerprint density at radius 3 is 2.89 bits per heavy atom. The number of fused-ring (bicyclic) bond motifs is 1. The zero-order valence-corrected chi connectivity index (χ0v) is 10.8. The van der Waals surface area contributed by atoms with Gasteiger partial charge in [0, 0.05) is 12.6 Å². The summed E-state index contributed by atoms with van der Waals surface area (Å²) in [4.78, 5) is 4.71. The summed E-state index contributed by atoms with van der Waals surface area (Å²) in [6.45, 7) is 5.32. The van der Waals surface area contributed by atoms with Gasteiger partial charge < -0.3 is 15.2 Å². The van der Waals surface area contributed by atoms with Crippen LogP contribution in [0.4, 0.5) is 5.95 Å². The SMILES string of the molecule is CCn1c(NC2CCNCC2)nc2ccccc21. The first-order chi connectivity index (χ1) is 8.88. The highest BCUT2D eigenvalue weighted by Crippen LogP contribution is 2.21. The minimum absolute atomic E-state index is 0.549. The van der Waals surface area contributed by atoms with Crippen molar-refractivity contribution in [3.63, 3.8) is 0 Å².